The second-order valence-electron chi connectivity index (χ2n) is 2.85. The van der Waals surface area contributed by atoms with Crippen LogP contribution in [0.1, 0.15) is 5.89 Å². The van der Waals surface area contributed by atoms with E-state index >= 15 is 0 Å². The highest BCUT2D eigenvalue weighted by molar-refractivity contribution is 5.57. The van der Waals surface area contributed by atoms with Gasteiger partial charge in [-0.15, -0.1) is 10.2 Å². The molecule has 1 heterocycles. The molecule has 0 aliphatic rings. The van der Waals surface area contributed by atoms with Gasteiger partial charge >= 0.3 is 0 Å². The number of aromatic nitrogens is 2. The average Bonchev–Trinajstić information content (AvgIpc) is 2.65. The molecular weight excluding hydrogens is 180 g/mol. The number of hydrogen-bond acceptors (Lipinski definition) is 5. The molecule has 1 aromatic carbocycles. The molecule has 5 nitrogen and oxygen atoms in total. The normalized spacial score (nSPS) is 10.1. The molecule has 0 fully saturated rings. The van der Waals surface area contributed by atoms with Gasteiger partial charge in [-0.3, -0.25) is 5.84 Å². The highest BCUT2D eigenvalue weighted by Gasteiger charge is 2.04. The molecule has 0 radical (unpaired) electrons. The largest absolute Gasteiger partial charge is 0.421 e. The van der Waals surface area contributed by atoms with E-state index in [1.807, 2.05) is 24.3 Å². The summed E-state index contributed by atoms with van der Waals surface area (Å²) in [5.41, 5.74) is 4.26. The van der Waals surface area contributed by atoms with E-state index in [0.717, 1.165) is 11.3 Å². The SMILES string of the molecule is Cc1nnc(-c2ccc(NN)cc2)o1. The Labute approximate surface area is 80.9 Å². The summed E-state index contributed by atoms with van der Waals surface area (Å²) in [4.78, 5) is 0. The van der Waals surface area contributed by atoms with Crippen molar-refractivity contribution in [3.63, 3.8) is 0 Å². The summed E-state index contributed by atoms with van der Waals surface area (Å²) in [5.74, 6) is 6.32. The maximum absolute atomic E-state index is 5.27. The Balaban J connectivity index is 2.33. The first kappa shape index (κ1) is 8.71. The molecule has 0 saturated carbocycles. The van der Waals surface area contributed by atoms with Crippen LogP contribution in [0.5, 0.6) is 0 Å². The smallest absolute Gasteiger partial charge is 0.247 e. The molecule has 0 atom stereocenters. The van der Waals surface area contributed by atoms with Gasteiger partial charge in [-0.05, 0) is 24.3 Å². The lowest BCUT2D eigenvalue weighted by atomic mass is 10.2. The Morgan fingerprint density at radius 1 is 1.21 bits per heavy atom. The van der Waals surface area contributed by atoms with Gasteiger partial charge in [0.1, 0.15) is 0 Å². The van der Waals surface area contributed by atoms with Gasteiger partial charge in [0.15, 0.2) is 0 Å². The zero-order valence-corrected chi connectivity index (χ0v) is 7.69. The van der Waals surface area contributed by atoms with Gasteiger partial charge in [-0.25, -0.2) is 0 Å². The van der Waals surface area contributed by atoms with Crippen LogP contribution in [0.2, 0.25) is 0 Å². The average molecular weight is 190 g/mol. The number of nitrogens with zero attached hydrogens (tertiary/aromatic N) is 2. The third-order valence-corrected chi connectivity index (χ3v) is 1.82. The van der Waals surface area contributed by atoms with Crippen LogP contribution < -0.4 is 11.3 Å². The Bertz CT molecular complexity index is 421. The number of rotatable bonds is 2. The molecule has 0 aliphatic heterocycles. The summed E-state index contributed by atoms with van der Waals surface area (Å²) in [6.45, 7) is 1.76. The first-order valence-corrected chi connectivity index (χ1v) is 4.17. The fourth-order valence-electron chi connectivity index (χ4n) is 1.12. The molecular formula is C9H10N4O. The third kappa shape index (κ3) is 1.57. The Hall–Kier alpha value is -1.88. The van der Waals surface area contributed by atoms with Crippen LogP contribution in [0, 0.1) is 6.92 Å². The molecule has 0 unspecified atom stereocenters. The molecule has 0 bridgehead atoms. The highest BCUT2D eigenvalue weighted by atomic mass is 16.4. The number of aryl methyl sites for hydroxylation is 1. The van der Waals surface area contributed by atoms with Crippen molar-refractivity contribution in [3.05, 3.63) is 30.2 Å². The van der Waals surface area contributed by atoms with E-state index in [1.54, 1.807) is 6.92 Å². The summed E-state index contributed by atoms with van der Waals surface area (Å²) >= 11 is 0. The van der Waals surface area contributed by atoms with Crippen molar-refractivity contribution in [1.82, 2.24) is 10.2 Å². The van der Waals surface area contributed by atoms with Crippen LogP contribution in [0.25, 0.3) is 11.5 Å². The summed E-state index contributed by atoms with van der Waals surface area (Å²) in [6, 6.07) is 7.41. The first-order valence-electron chi connectivity index (χ1n) is 4.17. The van der Waals surface area contributed by atoms with Crippen molar-refractivity contribution in [2.75, 3.05) is 5.43 Å². The molecule has 0 amide bonds. The number of nitrogens with one attached hydrogen (secondary N) is 1. The maximum atomic E-state index is 5.27. The molecule has 2 rings (SSSR count). The highest BCUT2D eigenvalue weighted by Crippen LogP contribution is 2.19. The minimum atomic E-state index is 0.520. The summed E-state index contributed by atoms with van der Waals surface area (Å²) in [5, 5.41) is 7.65. The lowest BCUT2D eigenvalue weighted by Gasteiger charge is -1.99. The second-order valence-corrected chi connectivity index (χ2v) is 2.85. The summed E-state index contributed by atoms with van der Waals surface area (Å²) < 4.78 is 5.27. The van der Waals surface area contributed by atoms with Crippen LogP contribution in [0.15, 0.2) is 28.7 Å². The van der Waals surface area contributed by atoms with Crippen LogP contribution in [-0.2, 0) is 0 Å². The van der Waals surface area contributed by atoms with E-state index in [-0.39, 0.29) is 0 Å². The Morgan fingerprint density at radius 3 is 2.43 bits per heavy atom. The molecule has 1 aromatic heterocycles. The van der Waals surface area contributed by atoms with Crippen LogP contribution in [-0.4, -0.2) is 10.2 Å². The molecule has 0 aliphatic carbocycles. The molecule has 2 aromatic rings. The van der Waals surface area contributed by atoms with Crippen molar-refractivity contribution in [2.45, 2.75) is 6.92 Å². The third-order valence-electron chi connectivity index (χ3n) is 1.82. The number of hydrogen-bond donors (Lipinski definition) is 2. The van der Waals surface area contributed by atoms with Crippen molar-refractivity contribution in [2.24, 2.45) is 5.84 Å². The standard InChI is InChI=1S/C9H10N4O/c1-6-12-13-9(14-6)7-2-4-8(11-10)5-3-7/h2-5,11H,10H2,1H3. The van der Waals surface area contributed by atoms with Crippen molar-refractivity contribution in [1.29, 1.82) is 0 Å². The minimum absolute atomic E-state index is 0.520. The monoisotopic (exact) mass is 190 g/mol. The summed E-state index contributed by atoms with van der Waals surface area (Å²) in [6.07, 6.45) is 0. The van der Waals surface area contributed by atoms with E-state index in [9.17, 15) is 0 Å². The lowest BCUT2D eigenvalue weighted by Crippen LogP contribution is -2.05. The Kier molecular flexibility index (Phi) is 2.16. The van der Waals surface area contributed by atoms with Gasteiger partial charge < -0.3 is 9.84 Å². The maximum Gasteiger partial charge on any atom is 0.247 e. The van der Waals surface area contributed by atoms with Gasteiger partial charge in [-0.2, -0.15) is 0 Å². The number of nitrogen functional groups attached to an aromatic ring is 1. The van der Waals surface area contributed by atoms with E-state index in [2.05, 4.69) is 15.6 Å². The van der Waals surface area contributed by atoms with Crippen molar-refractivity contribution < 1.29 is 4.42 Å². The van der Waals surface area contributed by atoms with Crippen molar-refractivity contribution in [3.8, 4) is 11.5 Å². The van der Waals surface area contributed by atoms with Gasteiger partial charge in [0, 0.05) is 18.2 Å². The van der Waals surface area contributed by atoms with Gasteiger partial charge in [0.25, 0.3) is 0 Å². The molecule has 0 saturated heterocycles. The second kappa shape index (κ2) is 3.47. The molecule has 5 heteroatoms. The zero-order valence-electron chi connectivity index (χ0n) is 7.69. The van der Waals surface area contributed by atoms with E-state index in [1.165, 1.54) is 0 Å². The quantitative estimate of drug-likeness (QED) is 0.551. The molecule has 3 N–H and O–H groups in total. The fraction of sp³-hybridized carbons (Fsp3) is 0.111. The Morgan fingerprint density at radius 2 is 1.93 bits per heavy atom. The number of anilines is 1. The van der Waals surface area contributed by atoms with Gasteiger partial charge in [-0.1, -0.05) is 0 Å². The predicted octanol–water partition coefficient (Wildman–Crippen LogP) is 1.33. The number of benzene rings is 1. The first-order chi connectivity index (χ1) is 6.79. The van der Waals surface area contributed by atoms with Crippen LogP contribution in [0.4, 0.5) is 5.69 Å². The van der Waals surface area contributed by atoms with E-state index < -0.39 is 0 Å². The van der Waals surface area contributed by atoms with Gasteiger partial charge in [0.05, 0.1) is 0 Å². The lowest BCUT2D eigenvalue weighted by molar-refractivity contribution is 0.533. The van der Waals surface area contributed by atoms with E-state index in [0.29, 0.717) is 11.8 Å². The van der Waals surface area contributed by atoms with Crippen LogP contribution >= 0.6 is 0 Å². The van der Waals surface area contributed by atoms with Gasteiger partial charge in [0.2, 0.25) is 11.8 Å². The topological polar surface area (TPSA) is 77.0 Å². The number of nitrogens with two attached hydrogens (primary N) is 1. The molecule has 72 valence electrons. The van der Waals surface area contributed by atoms with Crippen molar-refractivity contribution >= 4 is 5.69 Å². The fourth-order valence-corrected chi connectivity index (χ4v) is 1.12. The van der Waals surface area contributed by atoms with Crippen LogP contribution in [0.3, 0.4) is 0 Å². The predicted molar refractivity (Wildman–Crippen MR) is 52.3 cm³/mol. The minimum Gasteiger partial charge on any atom is -0.421 e. The zero-order chi connectivity index (χ0) is 9.97. The molecule has 14 heavy (non-hydrogen) atoms. The van der Waals surface area contributed by atoms with E-state index in [4.69, 9.17) is 10.3 Å². The number of hydrazine groups is 1. The molecule has 0 spiro atoms. The summed E-state index contributed by atoms with van der Waals surface area (Å²) in [7, 11) is 0.